The van der Waals surface area contributed by atoms with E-state index in [1.807, 2.05) is 0 Å². The highest BCUT2D eigenvalue weighted by Crippen LogP contribution is 2.25. The summed E-state index contributed by atoms with van der Waals surface area (Å²) in [5.41, 5.74) is 6.58. The van der Waals surface area contributed by atoms with Crippen molar-refractivity contribution >= 4 is 23.1 Å². The highest BCUT2D eigenvalue weighted by atomic mass is 32.1. The van der Waals surface area contributed by atoms with E-state index in [9.17, 15) is 4.79 Å². The molecule has 20 heavy (non-hydrogen) atoms. The molecule has 1 aromatic rings. The van der Waals surface area contributed by atoms with Gasteiger partial charge in [0.15, 0.2) is 0 Å². The number of rotatable bonds is 5. The second-order valence-corrected chi connectivity index (χ2v) is 5.78. The molecule has 0 aliphatic heterocycles. The van der Waals surface area contributed by atoms with Gasteiger partial charge in [0.25, 0.3) is 5.91 Å². The van der Waals surface area contributed by atoms with Crippen LogP contribution in [0.15, 0.2) is 18.3 Å². The summed E-state index contributed by atoms with van der Waals surface area (Å²) in [6, 6.07) is 3.38. The summed E-state index contributed by atoms with van der Waals surface area (Å²) in [5.74, 6) is 0.643. The van der Waals surface area contributed by atoms with Gasteiger partial charge in [0.05, 0.1) is 0 Å². The van der Waals surface area contributed by atoms with Crippen molar-refractivity contribution in [3.8, 4) is 0 Å². The standard InChI is InChI=1S/C15H21N3OS/c16-14(20)12-6-7-13(18-10-12)15(19)17-9-8-11-4-2-1-3-5-11/h6-7,10-11H,1-5,8-9H2,(H2,16,20)(H,17,19). The van der Waals surface area contributed by atoms with Crippen LogP contribution < -0.4 is 11.1 Å². The summed E-state index contributed by atoms with van der Waals surface area (Å²) < 4.78 is 0. The number of hydrogen-bond acceptors (Lipinski definition) is 3. The van der Waals surface area contributed by atoms with Gasteiger partial charge in [0.1, 0.15) is 10.7 Å². The lowest BCUT2D eigenvalue weighted by atomic mass is 9.87. The van der Waals surface area contributed by atoms with Gasteiger partial charge < -0.3 is 11.1 Å². The Bertz CT molecular complexity index is 467. The first-order valence-corrected chi connectivity index (χ1v) is 7.61. The SMILES string of the molecule is NC(=S)c1ccc(C(=O)NCCC2CCCCC2)nc1. The zero-order valence-corrected chi connectivity index (χ0v) is 12.4. The minimum Gasteiger partial charge on any atom is -0.389 e. The van der Waals surface area contributed by atoms with Crippen molar-refractivity contribution < 1.29 is 4.79 Å². The number of nitrogens with one attached hydrogen (secondary N) is 1. The highest BCUT2D eigenvalue weighted by Gasteiger charge is 2.14. The van der Waals surface area contributed by atoms with E-state index in [1.54, 1.807) is 18.3 Å². The summed E-state index contributed by atoms with van der Waals surface area (Å²) >= 11 is 4.85. The van der Waals surface area contributed by atoms with Crippen LogP contribution in [0.3, 0.4) is 0 Å². The predicted molar refractivity (Wildman–Crippen MR) is 83.6 cm³/mol. The molecule has 0 bridgehead atoms. The number of carbonyl (C=O) groups excluding carboxylic acids is 1. The first kappa shape index (κ1) is 14.9. The van der Waals surface area contributed by atoms with Crippen LogP contribution in [0.25, 0.3) is 0 Å². The molecule has 5 heteroatoms. The number of pyridine rings is 1. The molecule has 0 radical (unpaired) electrons. The van der Waals surface area contributed by atoms with E-state index in [4.69, 9.17) is 18.0 Å². The predicted octanol–water partition coefficient (Wildman–Crippen LogP) is 2.42. The Morgan fingerprint density at radius 3 is 2.70 bits per heavy atom. The average Bonchev–Trinajstić information content (AvgIpc) is 2.48. The molecule has 1 aliphatic rings. The van der Waals surface area contributed by atoms with E-state index in [-0.39, 0.29) is 5.91 Å². The van der Waals surface area contributed by atoms with Crippen LogP contribution in [0.1, 0.15) is 54.6 Å². The van der Waals surface area contributed by atoms with Gasteiger partial charge in [-0.05, 0) is 24.5 Å². The molecule has 1 aliphatic carbocycles. The van der Waals surface area contributed by atoms with Gasteiger partial charge in [0.2, 0.25) is 0 Å². The van der Waals surface area contributed by atoms with Crippen molar-refractivity contribution in [3.05, 3.63) is 29.6 Å². The largest absolute Gasteiger partial charge is 0.389 e. The fraction of sp³-hybridized carbons (Fsp3) is 0.533. The maximum Gasteiger partial charge on any atom is 0.269 e. The van der Waals surface area contributed by atoms with Gasteiger partial charge in [-0.2, -0.15) is 0 Å². The lowest BCUT2D eigenvalue weighted by Gasteiger charge is -2.21. The number of nitrogens with zero attached hydrogens (tertiary/aromatic N) is 1. The Morgan fingerprint density at radius 2 is 2.10 bits per heavy atom. The molecule has 1 aromatic heterocycles. The summed E-state index contributed by atoms with van der Waals surface area (Å²) in [6.45, 7) is 0.724. The molecule has 0 unspecified atom stereocenters. The second-order valence-electron chi connectivity index (χ2n) is 5.34. The van der Waals surface area contributed by atoms with Crippen LogP contribution in [0.4, 0.5) is 0 Å². The summed E-state index contributed by atoms with van der Waals surface area (Å²) in [6.07, 6.45) is 9.24. The Morgan fingerprint density at radius 1 is 1.35 bits per heavy atom. The third kappa shape index (κ3) is 4.27. The van der Waals surface area contributed by atoms with Crippen LogP contribution in [0.5, 0.6) is 0 Å². The minimum absolute atomic E-state index is 0.129. The smallest absolute Gasteiger partial charge is 0.269 e. The number of aromatic nitrogens is 1. The Labute approximate surface area is 125 Å². The molecule has 1 heterocycles. The van der Waals surface area contributed by atoms with Gasteiger partial charge in [-0.1, -0.05) is 44.3 Å². The fourth-order valence-corrected chi connectivity index (χ4v) is 2.75. The lowest BCUT2D eigenvalue weighted by molar-refractivity contribution is 0.0945. The average molecular weight is 291 g/mol. The molecule has 1 fully saturated rings. The van der Waals surface area contributed by atoms with Gasteiger partial charge in [0, 0.05) is 18.3 Å². The van der Waals surface area contributed by atoms with Crippen molar-refractivity contribution in [3.63, 3.8) is 0 Å². The van der Waals surface area contributed by atoms with E-state index in [1.165, 1.54) is 32.1 Å². The topological polar surface area (TPSA) is 68.0 Å². The van der Waals surface area contributed by atoms with E-state index < -0.39 is 0 Å². The van der Waals surface area contributed by atoms with E-state index in [0.29, 0.717) is 16.2 Å². The molecule has 3 N–H and O–H groups in total. The lowest BCUT2D eigenvalue weighted by Crippen LogP contribution is -2.27. The van der Waals surface area contributed by atoms with Crippen molar-refractivity contribution in [2.45, 2.75) is 38.5 Å². The normalized spacial score (nSPS) is 15.8. The number of carbonyl (C=O) groups is 1. The number of thiocarbonyl (C=S) groups is 1. The molecular weight excluding hydrogens is 270 g/mol. The van der Waals surface area contributed by atoms with Crippen molar-refractivity contribution in [1.29, 1.82) is 0 Å². The first-order valence-electron chi connectivity index (χ1n) is 7.21. The van der Waals surface area contributed by atoms with Gasteiger partial charge in [-0.3, -0.25) is 9.78 Å². The Kier molecular flexibility index (Phi) is 5.47. The molecular formula is C15H21N3OS. The van der Waals surface area contributed by atoms with Crippen LogP contribution in [0.2, 0.25) is 0 Å². The molecule has 0 saturated heterocycles. The van der Waals surface area contributed by atoms with Crippen LogP contribution in [0, 0.1) is 5.92 Å². The summed E-state index contributed by atoms with van der Waals surface area (Å²) in [4.78, 5) is 16.3. The maximum absolute atomic E-state index is 11.9. The number of hydrogen-bond donors (Lipinski definition) is 2. The first-order chi connectivity index (χ1) is 9.66. The molecule has 1 saturated carbocycles. The minimum atomic E-state index is -0.129. The van der Waals surface area contributed by atoms with Crippen molar-refractivity contribution in [1.82, 2.24) is 10.3 Å². The van der Waals surface area contributed by atoms with Crippen LogP contribution in [-0.2, 0) is 0 Å². The van der Waals surface area contributed by atoms with Crippen LogP contribution in [-0.4, -0.2) is 22.4 Å². The summed E-state index contributed by atoms with van der Waals surface area (Å²) in [5, 5.41) is 2.93. The number of amides is 1. The van der Waals surface area contributed by atoms with E-state index >= 15 is 0 Å². The van der Waals surface area contributed by atoms with Gasteiger partial charge >= 0.3 is 0 Å². The molecule has 1 amide bonds. The Balaban J connectivity index is 1.77. The van der Waals surface area contributed by atoms with Gasteiger partial charge in [-0.15, -0.1) is 0 Å². The third-order valence-corrected chi connectivity index (χ3v) is 4.08. The zero-order valence-electron chi connectivity index (χ0n) is 11.6. The quantitative estimate of drug-likeness (QED) is 0.818. The van der Waals surface area contributed by atoms with E-state index in [0.717, 1.165) is 18.9 Å². The van der Waals surface area contributed by atoms with E-state index in [2.05, 4.69) is 10.3 Å². The van der Waals surface area contributed by atoms with Crippen molar-refractivity contribution in [2.75, 3.05) is 6.54 Å². The third-order valence-electron chi connectivity index (χ3n) is 3.84. The van der Waals surface area contributed by atoms with Crippen molar-refractivity contribution in [2.24, 2.45) is 11.7 Å². The highest BCUT2D eigenvalue weighted by molar-refractivity contribution is 7.80. The van der Waals surface area contributed by atoms with Gasteiger partial charge in [-0.25, -0.2) is 0 Å². The monoisotopic (exact) mass is 291 g/mol. The Hall–Kier alpha value is -1.49. The maximum atomic E-state index is 11.9. The number of nitrogens with two attached hydrogens (primary N) is 1. The second kappa shape index (κ2) is 7.33. The molecule has 2 rings (SSSR count). The molecule has 4 nitrogen and oxygen atoms in total. The van der Waals surface area contributed by atoms with Crippen LogP contribution >= 0.6 is 12.2 Å². The summed E-state index contributed by atoms with van der Waals surface area (Å²) in [7, 11) is 0. The molecule has 0 spiro atoms. The molecule has 0 atom stereocenters. The fourth-order valence-electron chi connectivity index (χ4n) is 2.63. The molecule has 108 valence electrons. The zero-order chi connectivity index (χ0) is 14.4. The molecule has 0 aromatic carbocycles.